The Morgan fingerprint density at radius 3 is 2.69 bits per heavy atom. The summed E-state index contributed by atoms with van der Waals surface area (Å²) < 4.78 is 0. The first-order chi connectivity index (χ1) is 7.58. The Hall–Kier alpha value is -0.890. The molecule has 16 heavy (non-hydrogen) atoms. The van der Waals surface area contributed by atoms with Crippen molar-refractivity contribution in [2.45, 2.75) is 6.92 Å². The van der Waals surface area contributed by atoms with E-state index >= 15 is 0 Å². The maximum atomic E-state index is 8.52. The van der Waals surface area contributed by atoms with Crippen LogP contribution in [-0.2, 0) is 0 Å². The van der Waals surface area contributed by atoms with Gasteiger partial charge in [0.05, 0.1) is 10.7 Å². The molecule has 0 saturated heterocycles. The number of nitriles is 1. The molecule has 0 fully saturated rings. The molecule has 0 heterocycles. The van der Waals surface area contributed by atoms with E-state index in [2.05, 4.69) is 10.3 Å². The maximum absolute atomic E-state index is 8.52. The molecule has 0 spiro atoms. The Labute approximate surface area is 108 Å². The summed E-state index contributed by atoms with van der Waals surface area (Å²) in [4.78, 5) is 4.26. The van der Waals surface area contributed by atoms with Gasteiger partial charge in [-0.3, -0.25) is 5.32 Å². The van der Waals surface area contributed by atoms with Crippen molar-refractivity contribution in [3.8, 4) is 6.19 Å². The van der Waals surface area contributed by atoms with Crippen LogP contribution in [0.2, 0.25) is 10.0 Å². The Balaban J connectivity index is 3.19. The molecular weight excluding hydrogens is 265 g/mol. The van der Waals surface area contributed by atoms with E-state index in [1.807, 2.05) is 19.4 Å². The van der Waals surface area contributed by atoms with Crippen molar-refractivity contribution in [1.82, 2.24) is 5.32 Å². The second kappa shape index (κ2) is 6.00. The van der Waals surface area contributed by atoms with E-state index in [1.54, 1.807) is 12.1 Å². The van der Waals surface area contributed by atoms with Gasteiger partial charge in [0.2, 0.25) is 0 Å². The highest BCUT2D eigenvalue weighted by atomic mass is 35.5. The zero-order valence-electron chi connectivity index (χ0n) is 8.71. The fraction of sp³-hybridized carbons (Fsp3) is 0.200. The Morgan fingerprint density at radius 2 is 2.19 bits per heavy atom. The van der Waals surface area contributed by atoms with Gasteiger partial charge in [0.25, 0.3) is 0 Å². The van der Waals surface area contributed by atoms with Crippen molar-refractivity contribution in [3.05, 3.63) is 27.7 Å². The molecule has 0 aliphatic heterocycles. The number of nitrogens with one attached hydrogen (secondary N) is 1. The predicted octanol–water partition coefficient (Wildman–Crippen LogP) is 3.72. The standard InChI is InChI=1S/C10H9Cl2N3S/c1-6-3-7(11)4-8(12)9(6)15-10(16-2)14-5-13/h3-4H,1-2H3,(H,14,15). The third-order valence-electron chi connectivity index (χ3n) is 1.79. The normalized spacial score (nSPS) is 11.1. The van der Waals surface area contributed by atoms with Crippen LogP contribution in [0.3, 0.4) is 0 Å². The molecule has 6 heteroatoms. The lowest BCUT2D eigenvalue weighted by atomic mass is 10.2. The summed E-state index contributed by atoms with van der Waals surface area (Å²) in [6.45, 7) is 1.86. The Kier molecular flexibility index (Phi) is 4.94. The number of halogens is 2. The van der Waals surface area contributed by atoms with Crippen molar-refractivity contribution >= 4 is 45.8 Å². The summed E-state index contributed by atoms with van der Waals surface area (Å²) in [6.07, 6.45) is 3.64. The third kappa shape index (κ3) is 3.31. The van der Waals surface area contributed by atoms with Crippen LogP contribution >= 0.6 is 35.0 Å². The number of thioether (sulfide) groups is 1. The molecular formula is C10H9Cl2N3S. The Bertz CT molecular complexity index is 443. The fourth-order valence-electron chi connectivity index (χ4n) is 1.11. The van der Waals surface area contributed by atoms with Crippen LogP contribution < -0.4 is 5.32 Å². The van der Waals surface area contributed by atoms with Crippen molar-refractivity contribution in [2.24, 2.45) is 4.99 Å². The number of hydrogen-bond acceptors (Lipinski definition) is 3. The van der Waals surface area contributed by atoms with E-state index in [1.165, 1.54) is 11.8 Å². The fourth-order valence-corrected chi connectivity index (χ4v) is 2.08. The van der Waals surface area contributed by atoms with Crippen molar-refractivity contribution in [2.75, 3.05) is 6.26 Å². The summed E-state index contributed by atoms with van der Waals surface area (Å²) in [5, 5.41) is 12.5. The summed E-state index contributed by atoms with van der Waals surface area (Å²) in [5.41, 5.74) is 1.49. The van der Waals surface area contributed by atoms with E-state index in [4.69, 9.17) is 28.5 Å². The van der Waals surface area contributed by atoms with Gasteiger partial charge in [-0.05, 0) is 30.9 Å². The predicted molar refractivity (Wildman–Crippen MR) is 70.6 cm³/mol. The summed E-state index contributed by atoms with van der Waals surface area (Å²) in [5.74, 6) is 0. The molecule has 0 aromatic heterocycles. The van der Waals surface area contributed by atoms with Gasteiger partial charge in [-0.2, -0.15) is 5.26 Å². The van der Waals surface area contributed by atoms with Crippen LogP contribution in [0, 0.1) is 18.4 Å². The molecule has 1 aromatic carbocycles. The number of rotatable bonds is 1. The van der Waals surface area contributed by atoms with Gasteiger partial charge < -0.3 is 0 Å². The van der Waals surface area contributed by atoms with E-state index < -0.39 is 0 Å². The van der Waals surface area contributed by atoms with Gasteiger partial charge in [0, 0.05) is 5.02 Å². The monoisotopic (exact) mass is 273 g/mol. The van der Waals surface area contributed by atoms with Gasteiger partial charge in [0.1, 0.15) is 0 Å². The third-order valence-corrected chi connectivity index (χ3v) is 2.87. The molecule has 0 atom stereocenters. The van der Waals surface area contributed by atoms with Gasteiger partial charge in [0.15, 0.2) is 11.4 Å². The SMILES string of the molecule is CSC(=Nc1c(C)cc(Cl)cc1Cl)NC#N. The first kappa shape index (κ1) is 13.2. The number of aryl methyl sites for hydroxylation is 1. The van der Waals surface area contributed by atoms with Gasteiger partial charge in [-0.15, -0.1) is 0 Å². The van der Waals surface area contributed by atoms with Crippen LogP contribution in [0.1, 0.15) is 5.56 Å². The molecule has 0 amide bonds. The maximum Gasteiger partial charge on any atom is 0.183 e. The number of nitrogens with zero attached hydrogens (tertiary/aromatic N) is 2. The average Bonchev–Trinajstić information content (AvgIpc) is 2.21. The lowest BCUT2D eigenvalue weighted by Crippen LogP contribution is -2.12. The average molecular weight is 274 g/mol. The molecule has 0 bridgehead atoms. The van der Waals surface area contributed by atoms with E-state index in [0.717, 1.165) is 5.56 Å². The van der Waals surface area contributed by atoms with Crippen molar-refractivity contribution in [1.29, 1.82) is 5.26 Å². The molecule has 3 nitrogen and oxygen atoms in total. The number of aliphatic imine (C=N–C) groups is 1. The minimum Gasteiger partial charge on any atom is -0.271 e. The Morgan fingerprint density at radius 1 is 1.50 bits per heavy atom. The molecule has 0 saturated carbocycles. The zero-order valence-corrected chi connectivity index (χ0v) is 11.0. The lowest BCUT2D eigenvalue weighted by Gasteiger charge is -2.06. The molecule has 0 aliphatic rings. The van der Waals surface area contributed by atoms with E-state index in [9.17, 15) is 0 Å². The number of amidine groups is 1. The van der Waals surface area contributed by atoms with Crippen LogP contribution in [0.25, 0.3) is 0 Å². The van der Waals surface area contributed by atoms with E-state index in [0.29, 0.717) is 20.9 Å². The largest absolute Gasteiger partial charge is 0.271 e. The van der Waals surface area contributed by atoms with Gasteiger partial charge in [-0.1, -0.05) is 35.0 Å². The number of benzene rings is 1. The zero-order chi connectivity index (χ0) is 12.1. The first-order valence-corrected chi connectivity index (χ1v) is 6.30. The second-order valence-corrected chi connectivity index (χ2v) is 4.55. The van der Waals surface area contributed by atoms with Crippen LogP contribution in [0.5, 0.6) is 0 Å². The summed E-state index contributed by atoms with van der Waals surface area (Å²) in [6, 6.07) is 3.40. The molecule has 84 valence electrons. The van der Waals surface area contributed by atoms with Crippen molar-refractivity contribution < 1.29 is 0 Å². The van der Waals surface area contributed by atoms with Crippen LogP contribution in [0.15, 0.2) is 17.1 Å². The molecule has 0 aliphatic carbocycles. The molecule has 0 radical (unpaired) electrons. The summed E-state index contributed by atoms with van der Waals surface area (Å²) in [7, 11) is 0. The minimum atomic E-state index is 0.469. The number of hydrogen-bond donors (Lipinski definition) is 1. The molecule has 1 N–H and O–H groups in total. The van der Waals surface area contributed by atoms with E-state index in [-0.39, 0.29) is 0 Å². The highest BCUT2D eigenvalue weighted by Gasteiger charge is 2.06. The lowest BCUT2D eigenvalue weighted by molar-refractivity contribution is 1.27. The van der Waals surface area contributed by atoms with Crippen LogP contribution in [-0.4, -0.2) is 11.4 Å². The quantitative estimate of drug-likeness (QED) is 0.367. The highest BCUT2D eigenvalue weighted by molar-refractivity contribution is 8.13. The second-order valence-electron chi connectivity index (χ2n) is 2.91. The first-order valence-electron chi connectivity index (χ1n) is 4.32. The topological polar surface area (TPSA) is 48.2 Å². The van der Waals surface area contributed by atoms with Crippen molar-refractivity contribution in [3.63, 3.8) is 0 Å². The minimum absolute atomic E-state index is 0.469. The molecule has 1 aromatic rings. The highest BCUT2D eigenvalue weighted by Crippen LogP contribution is 2.32. The van der Waals surface area contributed by atoms with Gasteiger partial charge in [-0.25, -0.2) is 4.99 Å². The van der Waals surface area contributed by atoms with Crippen LogP contribution in [0.4, 0.5) is 5.69 Å². The van der Waals surface area contributed by atoms with Gasteiger partial charge >= 0.3 is 0 Å². The smallest absolute Gasteiger partial charge is 0.183 e. The molecule has 0 unspecified atom stereocenters. The molecule has 1 rings (SSSR count). The summed E-state index contributed by atoms with van der Waals surface area (Å²) >= 11 is 13.2.